The number of benzene rings is 2. The van der Waals surface area contributed by atoms with E-state index in [4.69, 9.17) is 4.74 Å². The van der Waals surface area contributed by atoms with Crippen LogP contribution >= 0.6 is 0 Å². The molecule has 2 N–H and O–H groups in total. The summed E-state index contributed by atoms with van der Waals surface area (Å²) in [5.41, 5.74) is 4.72. The first kappa shape index (κ1) is 15.4. The molecule has 0 saturated heterocycles. The minimum Gasteiger partial charge on any atom is -0.491 e. The van der Waals surface area contributed by atoms with Crippen molar-refractivity contribution in [2.45, 2.75) is 26.9 Å². The summed E-state index contributed by atoms with van der Waals surface area (Å²) in [5.74, 6) is 0.783. The van der Waals surface area contributed by atoms with Crippen molar-refractivity contribution < 1.29 is 9.84 Å². The molecule has 0 radical (unpaired) electrons. The zero-order valence-corrected chi connectivity index (χ0v) is 12.9. The van der Waals surface area contributed by atoms with Gasteiger partial charge in [0.1, 0.15) is 18.5 Å². The molecule has 1 unspecified atom stereocenters. The van der Waals surface area contributed by atoms with E-state index in [9.17, 15) is 5.11 Å². The summed E-state index contributed by atoms with van der Waals surface area (Å²) in [6, 6.07) is 14.0. The van der Waals surface area contributed by atoms with E-state index in [1.54, 1.807) is 0 Å². The van der Waals surface area contributed by atoms with Crippen LogP contribution in [0.25, 0.3) is 0 Å². The quantitative estimate of drug-likeness (QED) is 0.854. The average molecular weight is 285 g/mol. The molecule has 0 aromatic heterocycles. The van der Waals surface area contributed by atoms with Crippen LogP contribution in [0.5, 0.6) is 5.75 Å². The second-order valence-electron chi connectivity index (χ2n) is 5.46. The molecule has 3 heteroatoms. The molecule has 2 aromatic rings. The van der Waals surface area contributed by atoms with Crippen LogP contribution in [-0.2, 0) is 0 Å². The predicted octanol–water partition coefficient (Wildman–Crippen LogP) is 3.46. The van der Waals surface area contributed by atoms with E-state index in [0.717, 1.165) is 11.4 Å². The molecule has 0 saturated carbocycles. The highest BCUT2D eigenvalue weighted by Gasteiger charge is 2.05. The lowest BCUT2D eigenvalue weighted by Gasteiger charge is -2.15. The molecule has 2 rings (SSSR count). The van der Waals surface area contributed by atoms with Crippen molar-refractivity contribution in [3.05, 3.63) is 59.2 Å². The van der Waals surface area contributed by atoms with Crippen LogP contribution < -0.4 is 10.1 Å². The zero-order chi connectivity index (χ0) is 15.2. The summed E-state index contributed by atoms with van der Waals surface area (Å²) in [6.45, 7) is 6.95. The van der Waals surface area contributed by atoms with Crippen molar-refractivity contribution in [3.63, 3.8) is 0 Å². The molecular formula is C18H23NO2. The third kappa shape index (κ3) is 4.80. The van der Waals surface area contributed by atoms with Crippen molar-refractivity contribution in [1.82, 2.24) is 0 Å². The third-order valence-electron chi connectivity index (χ3n) is 3.51. The van der Waals surface area contributed by atoms with E-state index in [1.807, 2.05) is 37.3 Å². The van der Waals surface area contributed by atoms with Gasteiger partial charge in [0, 0.05) is 12.2 Å². The Bertz CT molecular complexity index is 578. The minimum atomic E-state index is -0.548. The minimum absolute atomic E-state index is 0.279. The molecule has 2 aromatic carbocycles. The first-order valence-corrected chi connectivity index (χ1v) is 7.23. The van der Waals surface area contributed by atoms with Gasteiger partial charge < -0.3 is 15.2 Å². The van der Waals surface area contributed by atoms with Gasteiger partial charge in [0.2, 0.25) is 0 Å². The molecule has 0 aliphatic heterocycles. The van der Waals surface area contributed by atoms with Gasteiger partial charge in [-0.3, -0.25) is 0 Å². The third-order valence-corrected chi connectivity index (χ3v) is 3.51. The molecule has 0 fully saturated rings. The maximum atomic E-state index is 9.96. The summed E-state index contributed by atoms with van der Waals surface area (Å²) in [4.78, 5) is 0. The zero-order valence-electron chi connectivity index (χ0n) is 12.9. The summed E-state index contributed by atoms with van der Waals surface area (Å²) >= 11 is 0. The Labute approximate surface area is 126 Å². The van der Waals surface area contributed by atoms with Crippen LogP contribution in [0, 0.1) is 20.8 Å². The van der Waals surface area contributed by atoms with Crippen LogP contribution in [0.1, 0.15) is 16.7 Å². The number of aryl methyl sites for hydroxylation is 3. The lowest BCUT2D eigenvalue weighted by atomic mass is 10.1. The van der Waals surface area contributed by atoms with Crippen LogP contribution in [0.15, 0.2) is 42.5 Å². The molecule has 0 heterocycles. The number of anilines is 1. The molecule has 0 amide bonds. The fourth-order valence-corrected chi connectivity index (χ4v) is 1.97. The lowest BCUT2D eigenvalue weighted by molar-refractivity contribution is 0.117. The number of hydrogen-bond acceptors (Lipinski definition) is 3. The van der Waals surface area contributed by atoms with Gasteiger partial charge in [0.05, 0.1) is 0 Å². The van der Waals surface area contributed by atoms with E-state index in [0.29, 0.717) is 6.54 Å². The van der Waals surface area contributed by atoms with Crippen molar-refractivity contribution in [1.29, 1.82) is 0 Å². The number of hydrogen-bond donors (Lipinski definition) is 2. The molecule has 0 bridgehead atoms. The van der Waals surface area contributed by atoms with Crippen molar-refractivity contribution in [2.24, 2.45) is 0 Å². The van der Waals surface area contributed by atoms with E-state index in [1.165, 1.54) is 16.7 Å². The van der Waals surface area contributed by atoms with Crippen LogP contribution in [0.4, 0.5) is 5.69 Å². The van der Waals surface area contributed by atoms with Crippen LogP contribution in [-0.4, -0.2) is 24.4 Å². The topological polar surface area (TPSA) is 41.5 Å². The van der Waals surface area contributed by atoms with Gasteiger partial charge in [0.15, 0.2) is 0 Å². The van der Waals surface area contributed by atoms with Gasteiger partial charge in [0.25, 0.3) is 0 Å². The Balaban J connectivity index is 1.77. The van der Waals surface area contributed by atoms with Gasteiger partial charge in [-0.15, -0.1) is 0 Å². The van der Waals surface area contributed by atoms with Gasteiger partial charge in [-0.25, -0.2) is 0 Å². The van der Waals surface area contributed by atoms with Gasteiger partial charge in [-0.1, -0.05) is 23.8 Å². The van der Waals surface area contributed by atoms with Crippen LogP contribution in [0.2, 0.25) is 0 Å². The summed E-state index contributed by atoms with van der Waals surface area (Å²) in [5, 5.41) is 13.2. The maximum Gasteiger partial charge on any atom is 0.119 e. The van der Waals surface area contributed by atoms with Crippen LogP contribution in [0.3, 0.4) is 0 Å². The lowest BCUT2D eigenvalue weighted by Crippen LogP contribution is -2.26. The van der Waals surface area contributed by atoms with Gasteiger partial charge in [-0.05, 0) is 56.2 Å². The van der Waals surface area contributed by atoms with E-state index >= 15 is 0 Å². The smallest absolute Gasteiger partial charge is 0.119 e. The van der Waals surface area contributed by atoms with Crippen molar-refractivity contribution >= 4 is 5.69 Å². The molecule has 3 nitrogen and oxygen atoms in total. The van der Waals surface area contributed by atoms with E-state index in [-0.39, 0.29) is 6.61 Å². The molecule has 1 atom stereocenters. The second-order valence-corrected chi connectivity index (χ2v) is 5.46. The fourth-order valence-electron chi connectivity index (χ4n) is 1.97. The number of rotatable bonds is 6. The molecule has 0 aliphatic carbocycles. The molecular weight excluding hydrogens is 262 g/mol. The maximum absolute atomic E-state index is 9.96. The Morgan fingerprint density at radius 3 is 2.38 bits per heavy atom. The monoisotopic (exact) mass is 285 g/mol. The number of aliphatic hydroxyl groups excluding tert-OH is 1. The van der Waals surface area contributed by atoms with Gasteiger partial charge >= 0.3 is 0 Å². The first-order valence-electron chi connectivity index (χ1n) is 7.23. The fraction of sp³-hybridized carbons (Fsp3) is 0.333. The van der Waals surface area contributed by atoms with E-state index < -0.39 is 6.10 Å². The Hall–Kier alpha value is -2.00. The summed E-state index contributed by atoms with van der Waals surface area (Å²) in [7, 11) is 0. The van der Waals surface area contributed by atoms with Crippen molar-refractivity contribution in [2.75, 3.05) is 18.5 Å². The molecule has 112 valence electrons. The highest BCUT2D eigenvalue weighted by Crippen LogP contribution is 2.14. The van der Waals surface area contributed by atoms with Gasteiger partial charge in [-0.2, -0.15) is 0 Å². The highest BCUT2D eigenvalue weighted by molar-refractivity contribution is 5.48. The Morgan fingerprint density at radius 2 is 1.71 bits per heavy atom. The van der Waals surface area contributed by atoms with E-state index in [2.05, 4.69) is 31.3 Å². The normalized spacial score (nSPS) is 12.0. The SMILES string of the molecule is Cc1ccc(OCC(O)CNc2ccc(C)c(C)c2)cc1. The Morgan fingerprint density at radius 1 is 1.00 bits per heavy atom. The molecule has 0 aliphatic rings. The number of ether oxygens (including phenoxy) is 1. The Kier molecular flexibility index (Phi) is 5.23. The second kappa shape index (κ2) is 7.14. The summed E-state index contributed by atoms with van der Waals surface area (Å²) in [6.07, 6.45) is -0.548. The standard InChI is InChI=1S/C18H23NO2/c1-13-4-8-18(9-5-13)21-12-17(20)11-19-16-7-6-14(2)15(3)10-16/h4-10,17,19-20H,11-12H2,1-3H3. The number of aliphatic hydroxyl groups is 1. The molecule has 21 heavy (non-hydrogen) atoms. The largest absolute Gasteiger partial charge is 0.491 e. The highest BCUT2D eigenvalue weighted by atomic mass is 16.5. The first-order chi connectivity index (χ1) is 10.0. The predicted molar refractivity (Wildman–Crippen MR) is 87.1 cm³/mol. The summed E-state index contributed by atoms with van der Waals surface area (Å²) < 4.78 is 5.56. The average Bonchev–Trinajstić information content (AvgIpc) is 2.48. The number of nitrogens with one attached hydrogen (secondary N) is 1. The molecule has 0 spiro atoms. The van der Waals surface area contributed by atoms with Crippen molar-refractivity contribution in [3.8, 4) is 5.75 Å².